The van der Waals surface area contributed by atoms with Crippen LogP contribution in [0.25, 0.3) is 0 Å². The number of nitrogens with two attached hydrogens (primary N) is 2. The van der Waals surface area contributed by atoms with Crippen molar-refractivity contribution in [2.75, 3.05) is 0 Å². The fourth-order valence-corrected chi connectivity index (χ4v) is 10.1. The van der Waals surface area contributed by atoms with E-state index < -0.39 is 11.2 Å². The molecule has 6 rings (SSSR count). The van der Waals surface area contributed by atoms with Gasteiger partial charge < -0.3 is 46.9 Å². The molecule has 0 aromatic heterocycles. The van der Waals surface area contributed by atoms with Crippen LogP contribution in [0.2, 0.25) is 0 Å². The summed E-state index contributed by atoms with van der Waals surface area (Å²) in [6.45, 7) is 4.56. The van der Waals surface area contributed by atoms with E-state index in [1.807, 2.05) is 0 Å². The van der Waals surface area contributed by atoms with E-state index >= 15 is 0 Å². The van der Waals surface area contributed by atoms with Crippen molar-refractivity contribution in [3.63, 3.8) is 0 Å². The van der Waals surface area contributed by atoms with Gasteiger partial charge in [0.05, 0.1) is 11.2 Å². The maximum Gasteiger partial charge on any atom is 2.00 e. The van der Waals surface area contributed by atoms with Crippen LogP contribution in [0.4, 0.5) is 0 Å². The predicted octanol–water partition coefficient (Wildman–Crippen LogP) is 4.38. The Morgan fingerprint density at radius 2 is 1.05 bits per heavy atom. The van der Waals surface area contributed by atoms with Gasteiger partial charge in [-0.25, -0.2) is 0 Å². The summed E-state index contributed by atoms with van der Waals surface area (Å²) in [6, 6.07) is 0. The zero-order chi connectivity index (χ0) is 28.7. The Balaban J connectivity index is 0.000000184. The third-order valence-corrected chi connectivity index (χ3v) is 11.9. The fraction of sp³-hybridized carbons (Fsp3) is 0.867. The average Bonchev–Trinajstić information content (AvgIpc) is 2.93. The van der Waals surface area contributed by atoms with Gasteiger partial charge in [-0.1, -0.05) is 52.4 Å². The molecule has 6 aliphatic rings. The van der Waals surface area contributed by atoms with E-state index in [1.165, 1.54) is 25.7 Å². The number of hydrogen-bond donors (Lipinski definition) is 4. The van der Waals surface area contributed by atoms with Crippen molar-refractivity contribution < 1.29 is 26.7 Å². The van der Waals surface area contributed by atoms with E-state index in [9.17, 15) is 10.2 Å². The number of aliphatic hydroxyl groups is 2. The molecular weight excluding hydrogens is 599 g/mol. The normalized spacial score (nSPS) is 46.0. The zero-order valence-corrected chi connectivity index (χ0v) is 27.1. The van der Waals surface area contributed by atoms with Gasteiger partial charge in [0.15, 0.2) is 0 Å². The number of rotatable bonds is 2. The topological polar surface area (TPSA) is 142 Å². The van der Waals surface area contributed by atoms with Gasteiger partial charge in [0, 0.05) is 35.1 Å². The summed E-state index contributed by atoms with van der Waals surface area (Å²) in [5.74, 6) is 3.06. The van der Waals surface area contributed by atoms with Crippen LogP contribution in [0, 0.1) is 47.3 Å². The smallest absolute Gasteiger partial charge is 0.741 e. The van der Waals surface area contributed by atoms with E-state index in [4.69, 9.17) is 36.7 Å². The summed E-state index contributed by atoms with van der Waals surface area (Å²) in [5, 5.41) is 39.4. The molecule has 0 aliphatic heterocycles. The molecule has 6 aliphatic carbocycles. The third kappa shape index (κ3) is 6.22. The first-order valence-electron chi connectivity index (χ1n) is 15.7. The van der Waals surface area contributed by atoms with Crippen LogP contribution in [-0.4, -0.2) is 43.2 Å². The Labute approximate surface area is 266 Å². The monoisotopic (exact) mass is 646 g/mol. The minimum Gasteiger partial charge on any atom is -0.741 e. The molecule has 0 amide bonds. The van der Waals surface area contributed by atoms with Gasteiger partial charge in [0.2, 0.25) is 0 Å². The second-order valence-corrected chi connectivity index (χ2v) is 14.3. The molecule has 11 heteroatoms. The summed E-state index contributed by atoms with van der Waals surface area (Å²) in [5.41, 5.74) is 11.9. The van der Waals surface area contributed by atoms with Gasteiger partial charge in [-0.05, 0) is 85.4 Å². The van der Waals surface area contributed by atoms with Crippen LogP contribution in [0.1, 0.15) is 104 Å². The van der Waals surface area contributed by atoms with Gasteiger partial charge in [-0.15, -0.1) is 0 Å². The Kier molecular flexibility index (Phi) is 10.8. The van der Waals surface area contributed by atoms with E-state index in [0.717, 1.165) is 75.6 Å². The number of nitrogens with zero attached hydrogens (tertiary/aromatic N) is 4. The average molecular weight is 648 g/mol. The molecule has 0 aromatic carbocycles. The van der Waals surface area contributed by atoms with E-state index in [-0.39, 0.29) is 38.7 Å². The zero-order valence-electron chi connectivity index (χ0n) is 24.5. The van der Waals surface area contributed by atoms with Crippen LogP contribution in [-0.2, 0) is 41.7 Å². The molecule has 6 fully saturated rings. The molecule has 6 saturated carbocycles. The molecular formula is C30H48N6NiO2S2. The van der Waals surface area contributed by atoms with Crippen molar-refractivity contribution in [3.8, 4) is 0 Å². The molecule has 0 aromatic rings. The van der Waals surface area contributed by atoms with Crippen molar-refractivity contribution in [1.82, 2.24) is 0 Å². The maximum atomic E-state index is 11.3. The summed E-state index contributed by atoms with van der Waals surface area (Å²) in [6.07, 6.45) is 15.6. The minimum absolute atomic E-state index is 0. The van der Waals surface area contributed by atoms with Crippen LogP contribution < -0.4 is 11.5 Å². The predicted molar refractivity (Wildman–Crippen MR) is 167 cm³/mol. The third-order valence-electron chi connectivity index (χ3n) is 11.7. The molecule has 6 N–H and O–H groups in total. The van der Waals surface area contributed by atoms with Crippen LogP contribution in [0.5, 0.6) is 0 Å². The van der Waals surface area contributed by atoms with Crippen molar-refractivity contribution in [2.24, 2.45) is 79.2 Å². The number of hydrogen-bond acceptors (Lipinski definition) is 8. The molecule has 0 heterocycles. The van der Waals surface area contributed by atoms with Crippen LogP contribution >= 0.6 is 0 Å². The van der Waals surface area contributed by atoms with Crippen molar-refractivity contribution in [2.45, 2.75) is 115 Å². The van der Waals surface area contributed by atoms with Gasteiger partial charge in [0.25, 0.3) is 0 Å². The molecule has 0 spiro atoms. The van der Waals surface area contributed by atoms with Crippen molar-refractivity contribution in [1.29, 1.82) is 0 Å². The Hall–Kier alpha value is -0.866. The maximum absolute atomic E-state index is 11.3. The minimum atomic E-state index is -0.570. The van der Waals surface area contributed by atoms with Crippen molar-refractivity contribution >= 4 is 47.0 Å². The SMILES string of the molecule is CC1C2CCCC(/C2=N\N=C(\N)[S-])C2(O)CCCCC12.CC1C2CCCC(/C2=N\N=C(\N)[S-])C2(O)CCCCC12.[Ni+2]. The summed E-state index contributed by atoms with van der Waals surface area (Å²) >= 11 is 9.62. The quantitative estimate of drug-likeness (QED) is 0.115. The Morgan fingerprint density at radius 1 is 0.659 bits per heavy atom. The molecule has 10 unspecified atom stereocenters. The molecule has 41 heavy (non-hydrogen) atoms. The molecule has 10 atom stereocenters. The van der Waals surface area contributed by atoms with E-state index in [2.05, 4.69) is 34.3 Å². The van der Waals surface area contributed by atoms with E-state index in [1.54, 1.807) is 0 Å². The van der Waals surface area contributed by atoms with Crippen LogP contribution in [0.3, 0.4) is 0 Å². The molecule has 0 saturated heterocycles. The van der Waals surface area contributed by atoms with E-state index in [0.29, 0.717) is 35.5 Å². The van der Waals surface area contributed by atoms with Gasteiger partial charge in [-0.3, -0.25) is 0 Å². The largest absolute Gasteiger partial charge is 2.00 e. The number of amidine groups is 2. The molecule has 8 nitrogen and oxygen atoms in total. The Bertz CT molecular complexity index is 982. The van der Waals surface area contributed by atoms with Crippen LogP contribution in [0.15, 0.2) is 20.4 Å². The summed E-state index contributed by atoms with van der Waals surface area (Å²) < 4.78 is 0. The molecule has 4 bridgehead atoms. The van der Waals surface area contributed by atoms with Gasteiger partial charge in [0.1, 0.15) is 0 Å². The summed E-state index contributed by atoms with van der Waals surface area (Å²) in [4.78, 5) is 0. The second-order valence-electron chi connectivity index (χ2n) is 13.5. The fourth-order valence-electron chi connectivity index (χ4n) is 10.0. The van der Waals surface area contributed by atoms with Gasteiger partial charge in [-0.2, -0.15) is 20.4 Å². The number of fused-ring (bicyclic) bond motifs is 8. The standard InChI is InChI=1S/2C15H25N3OS.Ni/c2*1-9-10-5-4-7-12(13(10)17-18-14(16)20)15(19)8-3-2-6-11(9)15;/h2*9-12,19H,2-8H2,1H3,(H3,16,18,20);/q;;+2/p-2/b2*17-13-;. The first-order valence-corrected chi connectivity index (χ1v) is 16.5. The summed E-state index contributed by atoms with van der Waals surface area (Å²) in [7, 11) is 0. The first kappa shape index (κ1) is 33.0. The Morgan fingerprint density at radius 3 is 1.41 bits per heavy atom. The van der Waals surface area contributed by atoms with Crippen molar-refractivity contribution in [3.05, 3.63) is 0 Å². The molecule has 0 radical (unpaired) electrons. The van der Waals surface area contributed by atoms with Gasteiger partial charge >= 0.3 is 16.5 Å². The first-order chi connectivity index (χ1) is 19.1. The molecule has 232 valence electrons. The second kappa shape index (κ2) is 13.4.